The molecule has 0 saturated carbocycles. The maximum absolute atomic E-state index is 10.8. The molecule has 0 aromatic heterocycles. The summed E-state index contributed by atoms with van der Waals surface area (Å²) in [6.45, 7) is 20.5. The molecule has 0 aliphatic carbocycles. The molecule has 2 N–H and O–H groups in total. The Balaban J connectivity index is -0.000000168. The van der Waals surface area contributed by atoms with Crippen molar-refractivity contribution in [2.45, 2.75) is 157 Å². The van der Waals surface area contributed by atoms with Crippen molar-refractivity contribution in [1.29, 1.82) is 0 Å². The summed E-state index contributed by atoms with van der Waals surface area (Å²) in [4.78, 5) is 10.8. The van der Waals surface area contributed by atoms with Gasteiger partial charge >= 0.3 is 21.1 Å². The summed E-state index contributed by atoms with van der Waals surface area (Å²) in [7, 11) is 0. The molecule has 0 aromatic carbocycles. The van der Waals surface area contributed by atoms with Crippen LogP contribution in [0.4, 0.5) is 0 Å². The third-order valence-corrected chi connectivity index (χ3v) is 5.84. The number of aliphatic hydroxyl groups excluding tert-OH is 1. The van der Waals surface area contributed by atoms with Crippen LogP contribution in [0.2, 0.25) is 0 Å². The number of ketones is 1. The summed E-state index contributed by atoms with van der Waals surface area (Å²) in [6.07, 6.45) is 23.8. The van der Waals surface area contributed by atoms with E-state index in [1.54, 1.807) is 6.92 Å². The fourth-order valence-corrected chi connectivity index (χ4v) is 3.22. The van der Waals surface area contributed by atoms with Gasteiger partial charge in [0.2, 0.25) is 0 Å². The minimum atomic E-state index is 0. The maximum Gasteiger partial charge on any atom is 2.00 e. The molecule has 0 aromatic rings. The molecule has 36 heavy (non-hydrogen) atoms. The molecule has 0 amide bonds. The fourth-order valence-electron chi connectivity index (χ4n) is 3.22. The Bertz CT molecular complexity index is 417. The van der Waals surface area contributed by atoms with E-state index in [9.17, 15) is 4.79 Å². The maximum atomic E-state index is 10.8. The van der Waals surface area contributed by atoms with Crippen LogP contribution < -0.4 is 5.32 Å². The molecule has 0 aliphatic rings. The number of carbonyl (C=O) groups excluding carboxylic acids is 1. The van der Waals surface area contributed by atoms with Gasteiger partial charge in [0.25, 0.3) is 0 Å². The van der Waals surface area contributed by atoms with Crippen LogP contribution in [-0.2, 0) is 25.9 Å². The van der Waals surface area contributed by atoms with Crippen LogP contribution in [0.15, 0.2) is 12.3 Å². The molecule has 0 spiro atoms. The molecule has 0 rings (SSSR count). The molecular formula is C32H67NO2W. The van der Waals surface area contributed by atoms with E-state index in [2.05, 4.69) is 53.4 Å². The van der Waals surface area contributed by atoms with Crippen LogP contribution in [0.5, 0.6) is 0 Å². The zero-order chi connectivity index (χ0) is 26.5. The number of unbranched alkanes of at least 4 members (excludes halogenated alkanes) is 15. The van der Waals surface area contributed by atoms with E-state index < -0.39 is 0 Å². The third kappa shape index (κ3) is 47.1. The number of Topliss-reactive ketones (excluding diaryl/α,β-unsaturated/α-hetero) is 1. The molecule has 0 aliphatic heterocycles. The number of nitrogens with one attached hydrogen (secondary N) is 1. The van der Waals surface area contributed by atoms with Crippen molar-refractivity contribution in [3.8, 4) is 0 Å². The largest absolute Gasteiger partial charge is 2.00 e. The molecule has 3 nitrogen and oxygen atoms in total. The summed E-state index contributed by atoms with van der Waals surface area (Å²) >= 11 is 0. The molecule has 0 fully saturated rings. The van der Waals surface area contributed by atoms with Gasteiger partial charge in [-0.2, -0.15) is 6.42 Å². The molecule has 218 valence electrons. The van der Waals surface area contributed by atoms with Gasteiger partial charge in [-0.25, -0.2) is 0 Å². The van der Waals surface area contributed by atoms with Crippen molar-refractivity contribution in [2.24, 2.45) is 5.41 Å². The third-order valence-electron chi connectivity index (χ3n) is 5.84. The van der Waals surface area contributed by atoms with Crippen LogP contribution in [0.25, 0.3) is 0 Å². The predicted molar refractivity (Wildman–Crippen MR) is 161 cm³/mol. The zero-order valence-electron chi connectivity index (χ0n) is 25.8. The van der Waals surface area contributed by atoms with E-state index in [-0.39, 0.29) is 40.5 Å². The number of carbonyl (C=O) groups is 1. The first kappa shape index (κ1) is 45.8. The quantitative estimate of drug-likeness (QED) is 0.0994. The van der Waals surface area contributed by atoms with Gasteiger partial charge < -0.3 is 29.6 Å². The second kappa shape index (κ2) is 37.0. The van der Waals surface area contributed by atoms with E-state index in [1.165, 1.54) is 96.3 Å². The van der Waals surface area contributed by atoms with Crippen molar-refractivity contribution in [2.75, 3.05) is 13.2 Å². The van der Waals surface area contributed by atoms with Gasteiger partial charge in [0.05, 0.1) is 6.61 Å². The Kier molecular flexibility index (Phi) is 47.0. The van der Waals surface area contributed by atoms with E-state index in [1.807, 2.05) is 0 Å². The van der Waals surface area contributed by atoms with Gasteiger partial charge in [-0.15, -0.1) is 0 Å². The Morgan fingerprint density at radius 3 is 1.36 bits per heavy atom. The Labute approximate surface area is 243 Å². The molecule has 0 radical (unpaired) electrons. The van der Waals surface area contributed by atoms with Crippen molar-refractivity contribution in [3.63, 3.8) is 0 Å². The van der Waals surface area contributed by atoms with Crippen molar-refractivity contribution in [3.05, 3.63) is 26.6 Å². The summed E-state index contributed by atoms with van der Waals surface area (Å²) in [5, 5.41) is 11.5. The second-order valence-electron chi connectivity index (χ2n) is 10.6. The SMILES string of the molecule is C=C(NCCO)C(C)(C)C.CCCCCCCCCCCCCCCCCC(C)=O.[CH2-]CCC.[CH3-].[W+2]. The number of aliphatic hydroxyl groups is 1. The summed E-state index contributed by atoms with van der Waals surface area (Å²) < 4.78 is 0. The van der Waals surface area contributed by atoms with Gasteiger partial charge in [0.15, 0.2) is 0 Å². The monoisotopic (exact) mass is 681 g/mol. The Morgan fingerprint density at radius 1 is 0.778 bits per heavy atom. The fraction of sp³-hybridized carbons (Fsp3) is 0.844. The standard InChI is InChI=1S/C19H38O.C8H17NO.C4H9.CH3.W/c1-3-4-5-6-7-8-9-10-11-12-13-14-15-16-17-18-19(2)20;1-7(8(2,3)4)9-5-6-10;1-3-4-2;;/h3-18H2,1-2H3;9-10H,1,5-6H2,2-4H3;1,3-4H2,2H3;1H3;/q;;2*-1;+2. The Morgan fingerprint density at radius 2 is 1.11 bits per heavy atom. The first-order valence-corrected chi connectivity index (χ1v) is 14.5. The van der Waals surface area contributed by atoms with Gasteiger partial charge in [-0.3, -0.25) is 0 Å². The van der Waals surface area contributed by atoms with Crippen LogP contribution in [0.3, 0.4) is 0 Å². The topological polar surface area (TPSA) is 49.3 Å². The minimum Gasteiger partial charge on any atom is -0.395 e. The van der Waals surface area contributed by atoms with E-state index in [0.29, 0.717) is 12.3 Å². The first-order chi connectivity index (χ1) is 16.2. The summed E-state index contributed by atoms with van der Waals surface area (Å²) in [5.41, 5.74) is 1.07. The van der Waals surface area contributed by atoms with Crippen LogP contribution in [0, 0.1) is 19.8 Å². The first-order valence-electron chi connectivity index (χ1n) is 14.5. The molecule has 0 heterocycles. The van der Waals surface area contributed by atoms with Gasteiger partial charge in [-0.05, 0) is 13.3 Å². The van der Waals surface area contributed by atoms with Gasteiger partial charge in [0.1, 0.15) is 5.78 Å². The van der Waals surface area contributed by atoms with E-state index in [0.717, 1.165) is 25.0 Å². The summed E-state index contributed by atoms with van der Waals surface area (Å²) in [6, 6.07) is 0. The smallest absolute Gasteiger partial charge is 0.395 e. The Hall–Kier alpha value is -0.142. The zero-order valence-corrected chi connectivity index (χ0v) is 28.8. The van der Waals surface area contributed by atoms with Crippen LogP contribution in [-0.4, -0.2) is 24.0 Å². The molecule has 0 unspecified atom stereocenters. The number of rotatable bonds is 20. The van der Waals surface area contributed by atoms with E-state index in [4.69, 9.17) is 5.11 Å². The normalized spacial score (nSPS) is 10.0. The average Bonchev–Trinajstić information content (AvgIpc) is 2.79. The molecule has 0 saturated heterocycles. The number of hydrogen-bond acceptors (Lipinski definition) is 3. The molecule has 0 bridgehead atoms. The molecule has 4 heteroatoms. The van der Waals surface area contributed by atoms with E-state index >= 15 is 0 Å². The summed E-state index contributed by atoms with van der Waals surface area (Å²) in [5.74, 6) is 0.347. The van der Waals surface area contributed by atoms with Gasteiger partial charge in [-0.1, -0.05) is 138 Å². The molecular weight excluding hydrogens is 614 g/mol. The van der Waals surface area contributed by atoms with Crippen molar-refractivity contribution >= 4 is 5.78 Å². The predicted octanol–water partition coefficient (Wildman–Crippen LogP) is 10.0. The number of allylic oxidation sites excluding steroid dienone is 1. The number of hydrogen-bond donors (Lipinski definition) is 2. The van der Waals surface area contributed by atoms with Crippen molar-refractivity contribution < 1.29 is 31.0 Å². The second-order valence-corrected chi connectivity index (χ2v) is 10.6. The van der Waals surface area contributed by atoms with Crippen LogP contribution in [0.1, 0.15) is 157 Å². The minimum absolute atomic E-state index is 0. The molecule has 0 atom stereocenters. The van der Waals surface area contributed by atoms with Gasteiger partial charge in [0, 0.05) is 24.1 Å². The van der Waals surface area contributed by atoms with Crippen LogP contribution >= 0.6 is 0 Å². The van der Waals surface area contributed by atoms with Crippen molar-refractivity contribution in [1.82, 2.24) is 5.32 Å². The average molecular weight is 682 g/mol.